The van der Waals surface area contributed by atoms with Crippen LogP contribution in [0.15, 0.2) is 96.1 Å². The first-order valence-corrected chi connectivity index (χ1v) is 23.3. The molecule has 360 valence electrons. The number of hydrogen-bond donors (Lipinski definition) is 3. The standard InChI is InChI=1S/C51H60FNO13S/c1-8-60-36-26-37-50(28-63-37,66-30(4)54)42-44(65-46(57)33-20-22-34(52)23-21-33)51(59)27-35(29(3)38(48(51,5)6)40(62-24-25-67)43(55)49(36,42)7)64-47(58)41(61-9-2)39(31-16-12-10-13-17-31)53-45(56)32-18-14-11-15-19-32/h10-23,35-37,39-42,44,59,67H,8-9,24-28H2,1-7H3,(H,53,56)/t35-,36-,37+,39-,40+,41+,42?,44?,49+,50-,51+/m0/s1. The number of ketones is 1. The number of rotatable bonds is 16. The molecule has 0 spiro atoms. The summed E-state index contributed by atoms with van der Waals surface area (Å²) < 4.78 is 58.7. The molecule has 11 atom stereocenters. The van der Waals surface area contributed by atoms with Crippen LogP contribution in [0.25, 0.3) is 0 Å². The smallest absolute Gasteiger partial charge is 0.338 e. The van der Waals surface area contributed by atoms with Crippen molar-refractivity contribution in [3.63, 3.8) is 0 Å². The second kappa shape index (κ2) is 19.9. The number of Topliss-reactive ketones (excluding diaryl/α,β-unsaturated/α-hetero) is 1. The highest BCUT2D eigenvalue weighted by Crippen LogP contribution is 2.65. The molecule has 7 rings (SSSR count). The fourth-order valence-corrected chi connectivity index (χ4v) is 11.1. The number of nitrogens with one attached hydrogen (secondary N) is 1. The Labute approximate surface area is 395 Å². The minimum atomic E-state index is -2.28. The molecule has 1 heterocycles. The molecule has 67 heavy (non-hydrogen) atoms. The Morgan fingerprint density at radius 3 is 2.15 bits per heavy atom. The minimum Gasteiger partial charge on any atom is -0.456 e. The lowest BCUT2D eigenvalue weighted by Crippen LogP contribution is -2.82. The van der Waals surface area contributed by atoms with Gasteiger partial charge in [-0.2, -0.15) is 12.6 Å². The summed E-state index contributed by atoms with van der Waals surface area (Å²) >= 11 is 4.42. The Hall–Kier alpha value is -4.97. The van der Waals surface area contributed by atoms with Gasteiger partial charge in [0, 0.05) is 49.7 Å². The van der Waals surface area contributed by atoms with E-state index in [0.717, 1.165) is 12.1 Å². The number of thiol groups is 1. The van der Waals surface area contributed by atoms with Gasteiger partial charge in [0.2, 0.25) is 0 Å². The third-order valence-corrected chi connectivity index (χ3v) is 14.5. The number of amides is 1. The van der Waals surface area contributed by atoms with Crippen LogP contribution < -0.4 is 5.32 Å². The van der Waals surface area contributed by atoms with E-state index < -0.39 is 112 Å². The summed E-state index contributed by atoms with van der Waals surface area (Å²) in [5, 5.41) is 17.0. The lowest BCUT2D eigenvalue weighted by molar-refractivity contribution is -0.348. The van der Waals surface area contributed by atoms with Crippen molar-refractivity contribution in [1.82, 2.24) is 5.32 Å². The summed E-state index contributed by atoms with van der Waals surface area (Å²) in [5.74, 6) is -5.37. The molecular formula is C51H60FNO13S. The third-order valence-electron chi connectivity index (χ3n) is 14.3. The van der Waals surface area contributed by atoms with Crippen molar-refractivity contribution >= 4 is 42.2 Å². The van der Waals surface area contributed by atoms with Crippen LogP contribution in [-0.2, 0) is 47.5 Å². The van der Waals surface area contributed by atoms with E-state index in [1.807, 2.05) is 0 Å². The minimum absolute atomic E-state index is 0.0224. The van der Waals surface area contributed by atoms with Gasteiger partial charge in [-0.05, 0) is 80.8 Å². The molecule has 3 aromatic rings. The van der Waals surface area contributed by atoms with Gasteiger partial charge in [0.05, 0.1) is 42.3 Å². The van der Waals surface area contributed by atoms with Gasteiger partial charge in [-0.3, -0.25) is 14.4 Å². The number of esters is 3. The van der Waals surface area contributed by atoms with Crippen LogP contribution in [0.4, 0.5) is 4.39 Å². The van der Waals surface area contributed by atoms with Crippen LogP contribution in [0, 0.1) is 22.6 Å². The topological polar surface area (TPSA) is 182 Å². The van der Waals surface area contributed by atoms with Crippen molar-refractivity contribution in [2.24, 2.45) is 16.7 Å². The van der Waals surface area contributed by atoms with Crippen LogP contribution in [0.2, 0.25) is 0 Å². The zero-order chi connectivity index (χ0) is 48.5. The molecule has 2 unspecified atom stereocenters. The summed E-state index contributed by atoms with van der Waals surface area (Å²) in [7, 11) is 0. The molecule has 2 N–H and O–H groups in total. The van der Waals surface area contributed by atoms with E-state index in [-0.39, 0.29) is 49.7 Å². The number of halogens is 1. The predicted octanol–water partition coefficient (Wildman–Crippen LogP) is 6.35. The molecule has 3 aromatic carbocycles. The fraction of sp³-hybridized carbons (Fsp3) is 0.510. The number of fused-ring (bicyclic) bond motifs is 5. The number of carbonyl (C=O) groups is 5. The highest BCUT2D eigenvalue weighted by Gasteiger charge is 2.78. The summed E-state index contributed by atoms with van der Waals surface area (Å²) in [4.78, 5) is 72.5. The zero-order valence-corrected chi connectivity index (χ0v) is 39.7. The van der Waals surface area contributed by atoms with E-state index in [0.29, 0.717) is 16.7 Å². The summed E-state index contributed by atoms with van der Waals surface area (Å²) in [5.41, 5.74) is -5.72. The quantitative estimate of drug-likeness (QED) is 0.0627. The first-order valence-electron chi connectivity index (χ1n) is 22.7. The van der Waals surface area contributed by atoms with Gasteiger partial charge in [-0.1, -0.05) is 62.4 Å². The van der Waals surface area contributed by atoms with E-state index in [9.17, 15) is 28.7 Å². The van der Waals surface area contributed by atoms with Gasteiger partial charge in [0.25, 0.3) is 5.91 Å². The summed E-state index contributed by atoms with van der Waals surface area (Å²) in [6.45, 7) is 11.4. The number of ether oxygens (including phenoxy) is 7. The van der Waals surface area contributed by atoms with Crippen LogP contribution in [-0.4, -0.2) is 115 Å². The molecule has 0 radical (unpaired) electrons. The average molecular weight is 946 g/mol. The van der Waals surface area contributed by atoms with E-state index in [1.165, 1.54) is 19.1 Å². The van der Waals surface area contributed by atoms with Crippen molar-refractivity contribution in [3.8, 4) is 0 Å². The van der Waals surface area contributed by atoms with Crippen LogP contribution in [0.1, 0.15) is 93.6 Å². The Balaban J connectivity index is 1.42. The first kappa shape index (κ1) is 49.9. The van der Waals surface area contributed by atoms with Crippen molar-refractivity contribution in [2.75, 3.05) is 32.2 Å². The highest BCUT2D eigenvalue weighted by molar-refractivity contribution is 7.80. The van der Waals surface area contributed by atoms with Gasteiger partial charge < -0.3 is 43.6 Å². The molecule has 4 aliphatic rings. The Morgan fingerprint density at radius 1 is 0.910 bits per heavy atom. The zero-order valence-electron chi connectivity index (χ0n) is 38.8. The van der Waals surface area contributed by atoms with Crippen LogP contribution in [0.5, 0.6) is 0 Å². The van der Waals surface area contributed by atoms with Gasteiger partial charge in [0.15, 0.2) is 17.5 Å². The number of aliphatic hydroxyl groups is 1. The van der Waals surface area contributed by atoms with Crippen LogP contribution >= 0.6 is 12.6 Å². The fourth-order valence-electron chi connectivity index (χ4n) is 11.0. The molecule has 1 amide bonds. The second-order valence-electron chi connectivity index (χ2n) is 18.3. The highest BCUT2D eigenvalue weighted by atomic mass is 32.1. The SMILES string of the molecule is CCO[C@H]1C[C@H]2OC[C@@]2(OC(C)=O)C2C(OC(=O)c3ccc(F)cc3)[C@]3(O)C[C@H](OC(=O)[C@H](OCC)[C@@H](NC(=O)c4ccccc4)c4ccccc4)C(C)=C([C@@H](OCCS)C(=O)[C@@]21C)C3(C)C. The molecule has 1 saturated heterocycles. The average Bonchev–Trinajstić information content (AvgIpc) is 3.30. The maximum atomic E-state index is 16.0. The largest absolute Gasteiger partial charge is 0.456 e. The van der Waals surface area contributed by atoms with Gasteiger partial charge >= 0.3 is 17.9 Å². The Kier molecular flexibility index (Phi) is 14.9. The molecule has 3 aliphatic carbocycles. The van der Waals surface area contributed by atoms with E-state index in [1.54, 1.807) is 102 Å². The maximum absolute atomic E-state index is 16.0. The first-order chi connectivity index (χ1) is 31.9. The van der Waals surface area contributed by atoms with E-state index in [2.05, 4.69) is 17.9 Å². The monoisotopic (exact) mass is 945 g/mol. The lowest BCUT2D eigenvalue weighted by Gasteiger charge is -2.68. The molecule has 1 aliphatic heterocycles. The van der Waals surface area contributed by atoms with E-state index in [4.69, 9.17) is 33.2 Å². The molecule has 16 heteroatoms. The van der Waals surface area contributed by atoms with Crippen LogP contribution in [0.3, 0.4) is 0 Å². The van der Waals surface area contributed by atoms with Crippen molar-refractivity contribution in [2.45, 2.75) is 115 Å². The molecule has 0 aromatic heterocycles. The number of hydrogen-bond acceptors (Lipinski definition) is 14. The summed E-state index contributed by atoms with van der Waals surface area (Å²) in [6.07, 6.45) is -8.05. The molecule has 2 saturated carbocycles. The Morgan fingerprint density at radius 2 is 1.57 bits per heavy atom. The van der Waals surface area contributed by atoms with Gasteiger partial charge in [-0.15, -0.1) is 0 Å². The van der Waals surface area contributed by atoms with Crippen molar-refractivity contribution in [1.29, 1.82) is 0 Å². The molecular weight excluding hydrogens is 886 g/mol. The lowest BCUT2D eigenvalue weighted by atomic mass is 9.44. The van der Waals surface area contributed by atoms with Gasteiger partial charge in [-0.25, -0.2) is 14.0 Å². The molecule has 14 nitrogen and oxygen atoms in total. The van der Waals surface area contributed by atoms with Gasteiger partial charge in [0.1, 0.15) is 35.8 Å². The Bertz CT molecular complexity index is 2350. The second-order valence-corrected chi connectivity index (χ2v) is 18.8. The normalized spacial score (nSPS) is 30.5. The molecule has 3 fully saturated rings. The maximum Gasteiger partial charge on any atom is 0.338 e. The predicted molar refractivity (Wildman–Crippen MR) is 245 cm³/mol. The third kappa shape index (κ3) is 8.96. The van der Waals surface area contributed by atoms with Crippen molar-refractivity contribution in [3.05, 3.63) is 119 Å². The number of carbonyl (C=O) groups excluding carboxylic acids is 5. The van der Waals surface area contributed by atoms with E-state index >= 15 is 4.79 Å². The summed E-state index contributed by atoms with van der Waals surface area (Å²) in [6, 6.07) is 20.9. The molecule has 2 bridgehead atoms. The number of benzene rings is 3. The van der Waals surface area contributed by atoms with Crippen molar-refractivity contribution < 1.29 is 66.6 Å².